The molecule has 1 aromatic heterocycles. The van der Waals surface area contributed by atoms with E-state index in [1.807, 2.05) is 47.2 Å². The van der Waals surface area contributed by atoms with Gasteiger partial charge in [-0.2, -0.15) is 11.3 Å². The third-order valence-corrected chi connectivity index (χ3v) is 9.96. The molecular formula is C30H41BN2O4S. The molecule has 1 saturated heterocycles. The second kappa shape index (κ2) is 10.8. The van der Waals surface area contributed by atoms with Crippen molar-refractivity contribution in [3.63, 3.8) is 0 Å². The number of nitrogens with one attached hydrogen (secondary N) is 2. The molecule has 4 aliphatic rings. The maximum Gasteiger partial charge on any atom is 0.481 e. The summed E-state index contributed by atoms with van der Waals surface area (Å²) in [6, 6.07) is 11.1. The van der Waals surface area contributed by atoms with E-state index in [1.165, 1.54) is 6.42 Å². The van der Waals surface area contributed by atoms with Crippen LogP contribution in [0.15, 0.2) is 47.2 Å². The van der Waals surface area contributed by atoms with Crippen molar-refractivity contribution >= 4 is 30.3 Å². The molecule has 2 aromatic rings. The lowest BCUT2D eigenvalue weighted by Gasteiger charge is -2.64. The highest BCUT2D eigenvalue weighted by Crippen LogP contribution is 2.65. The lowest BCUT2D eigenvalue weighted by Crippen LogP contribution is -2.65. The Balaban J connectivity index is 1.31. The largest absolute Gasteiger partial charge is 0.481 e. The van der Waals surface area contributed by atoms with Crippen molar-refractivity contribution in [1.82, 2.24) is 10.6 Å². The number of hydrogen-bond donors (Lipinski definition) is 2. The first-order valence-electron chi connectivity index (χ1n) is 14.0. The minimum Gasteiger partial charge on any atom is -0.404 e. The van der Waals surface area contributed by atoms with E-state index in [-0.39, 0.29) is 41.3 Å². The average molecular weight is 537 g/mol. The Morgan fingerprint density at radius 2 is 1.84 bits per heavy atom. The fraction of sp³-hybridized carbons (Fsp3) is 0.600. The maximum atomic E-state index is 13.8. The van der Waals surface area contributed by atoms with Gasteiger partial charge in [0.25, 0.3) is 0 Å². The van der Waals surface area contributed by atoms with Crippen molar-refractivity contribution in [2.45, 2.75) is 90.4 Å². The zero-order valence-corrected chi connectivity index (χ0v) is 24.1. The Labute approximate surface area is 231 Å². The molecule has 2 bridgehead atoms. The van der Waals surface area contributed by atoms with Gasteiger partial charge in [-0.1, -0.05) is 58.0 Å². The summed E-state index contributed by atoms with van der Waals surface area (Å²) in [5.41, 5.74) is 1.88. The standard InChI is InChI=1S/C30H41BN2O4S/c1-19(2)13-26(31-36-25-17-22-16-24(29(22,3)4)30(25,5)37-31)33-28(35)23(14-20-9-7-6-8-10-20)32-27(34)15-21-11-12-38-18-21/h6-12,18-19,22-26H,13-17H2,1-5H3,(H,32,34)(H,33,35)/t22-,23-,24-,25+,26-,30-/m0/s1. The molecule has 3 saturated carbocycles. The zero-order chi connectivity index (χ0) is 27.1. The predicted molar refractivity (Wildman–Crippen MR) is 152 cm³/mol. The molecule has 8 heteroatoms. The summed E-state index contributed by atoms with van der Waals surface area (Å²) < 4.78 is 13.3. The van der Waals surface area contributed by atoms with E-state index in [2.05, 4.69) is 45.3 Å². The second-order valence-corrected chi connectivity index (χ2v) is 13.5. The van der Waals surface area contributed by atoms with E-state index in [4.69, 9.17) is 9.31 Å². The van der Waals surface area contributed by atoms with E-state index in [0.717, 1.165) is 24.0 Å². The highest BCUT2D eigenvalue weighted by molar-refractivity contribution is 7.08. The van der Waals surface area contributed by atoms with Gasteiger partial charge >= 0.3 is 7.12 Å². The Kier molecular flexibility index (Phi) is 7.78. The highest BCUT2D eigenvalue weighted by Gasteiger charge is 2.68. The van der Waals surface area contributed by atoms with Gasteiger partial charge in [-0.15, -0.1) is 0 Å². The van der Waals surface area contributed by atoms with Gasteiger partial charge < -0.3 is 19.9 Å². The van der Waals surface area contributed by atoms with E-state index in [0.29, 0.717) is 24.2 Å². The van der Waals surface area contributed by atoms with Crippen LogP contribution in [0.5, 0.6) is 0 Å². The average Bonchev–Trinajstić information content (AvgIpc) is 3.50. The summed E-state index contributed by atoms with van der Waals surface area (Å²) in [6.45, 7) is 11.2. The normalized spacial score (nSPS) is 28.8. The van der Waals surface area contributed by atoms with E-state index in [1.54, 1.807) is 11.3 Å². The molecule has 2 N–H and O–H groups in total. The van der Waals surface area contributed by atoms with Gasteiger partial charge in [-0.3, -0.25) is 9.59 Å². The lowest BCUT2D eigenvalue weighted by molar-refractivity contribution is -0.199. The summed E-state index contributed by atoms with van der Waals surface area (Å²) in [5, 5.41) is 10.2. The van der Waals surface area contributed by atoms with E-state index < -0.39 is 13.2 Å². The van der Waals surface area contributed by atoms with E-state index in [9.17, 15) is 9.59 Å². The van der Waals surface area contributed by atoms with Crippen LogP contribution in [-0.4, -0.2) is 42.6 Å². The minimum atomic E-state index is -0.691. The first kappa shape index (κ1) is 27.4. The van der Waals surface area contributed by atoms with Crippen LogP contribution in [0.2, 0.25) is 0 Å². The summed E-state index contributed by atoms with van der Waals surface area (Å²) in [6.07, 6.45) is 3.66. The number of benzene rings is 1. The summed E-state index contributed by atoms with van der Waals surface area (Å²) in [5.74, 6) is 0.816. The van der Waals surface area contributed by atoms with Gasteiger partial charge in [-0.25, -0.2) is 0 Å². The Bertz CT molecular complexity index is 1120. The summed E-state index contributed by atoms with van der Waals surface area (Å²) in [4.78, 5) is 26.7. The molecule has 38 heavy (non-hydrogen) atoms. The maximum absolute atomic E-state index is 13.8. The Hall–Kier alpha value is -2.16. The number of carbonyl (C=O) groups is 2. The van der Waals surface area contributed by atoms with Crippen molar-refractivity contribution in [1.29, 1.82) is 0 Å². The van der Waals surface area contributed by atoms with Crippen molar-refractivity contribution in [2.24, 2.45) is 23.2 Å². The lowest BCUT2D eigenvalue weighted by atomic mass is 9.43. The fourth-order valence-electron chi connectivity index (χ4n) is 6.98. The molecule has 0 unspecified atom stereocenters. The van der Waals surface area contributed by atoms with Crippen LogP contribution >= 0.6 is 11.3 Å². The first-order valence-corrected chi connectivity index (χ1v) is 15.0. The van der Waals surface area contributed by atoms with Crippen LogP contribution in [0, 0.1) is 23.2 Å². The Morgan fingerprint density at radius 1 is 1.08 bits per heavy atom. The monoisotopic (exact) mass is 536 g/mol. The third-order valence-electron chi connectivity index (χ3n) is 9.23. The molecule has 204 valence electrons. The van der Waals surface area contributed by atoms with Crippen LogP contribution < -0.4 is 10.6 Å². The third kappa shape index (κ3) is 5.45. The van der Waals surface area contributed by atoms with Crippen molar-refractivity contribution in [3.8, 4) is 0 Å². The molecule has 2 amide bonds. The number of hydrogen-bond acceptors (Lipinski definition) is 5. The van der Waals surface area contributed by atoms with Crippen LogP contribution in [-0.2, 0) is 31.7 Å². The SMILES string of the molecule is CC(C)C[C@H](NC(=O)[C@H](Cc1ccccc1)NC(=O)Cc1ccsc1)B1O[C@@H]2C[C@@H]3C[C@@H](C3(C)C)[C@]2(C)O1. The van der Waals surface area contributed by atoms with Crippen LogP contribution in [0.3, 0.4) is 0 Å². The first-order chi connectivity index (χ1) is 18.1. The van der Waals surface area contributed by atoms with Gasteiger partial charge in [0.2, 0.25) is 11.8 Å². The fourth-order valence-corrected chi connectivity index (χ4v) is 7.65. The number of carbonyl (C=O) groups excluding carboxylic acids is 2. The van der Waals surface area contributed by atoms with Gasteiger partial charge in [0.05, 0.1) is 24.1 Å². The molecular weight excluding hydrogens is 495 g/mol. The molecule has 2 heterocycles. The molecule has 6 nitrogen and oxygen atoms in total. The quantitative estimate of drug-likeness (QED) is 0.427. The molecule has 4 fully saturated rings. The second-order valence-electron chi connectivity index (χ2n) is 12.7. The predicted octanol–water partition coefficient (Wildman–Crippen LogP) is 4.82. The van der Waals surface area contributed by atoms with Gasteiger partial charge in [0, 0.05) is 6.42 Å². The number of amides is 2. The van der Waals surface area contributed by atoms with E-state index >= 15 is 0 Å². The molecule has 1 aromatic carbocycles. The minimum absolute atomic E-state index is 0.0567. The smallest absolute Gasteiger partial charge is 0.404 e. The van der Waals surface area contributed by atoms with Gasteiger partial charge in [0.15, 0.2) is 0 Å². The van der Waals surface area contributed by atoms with Crippen molar-refractivity contribution < 1.29 is 18.9 Å². The zero-order valence-electron chi connectivity index (χ0n) is 23.2. The molecule has 1 aliphatic heterocycles. The topological polar surface area (TPSA) is 76.7 Å². The van der Waals surface area contributed by atoms with Crippen molar-refractivity contribution in [2.75, 3.05) is 0 Å². The van der Waals surface area contributed by atoms with Crippen molar-refractivity contribution in [3.05, 3.63) is 58.3 Å². The molecule has 0 spiro atoms. The summed E-state index contributed by atoms with van der Waals surface area (Å²) in [7, 11) is -0.495. The number of thiophene rings is 1. The molecule has 6 atom stereocenters. The number of rotatable bonds is 10. The van der Waals surface area contributed by atoms with Crippen LogP contribution in [0.25, 0.3) is 0 Å². The molecule has 6 rings (SSSR count). The molecule has 0 radical (unpaired) electrons. The van der Waals surface area contributed by atoms with Gasteiger partial charge in [-0.05, 0) is 77.3 Å². The Morgan fingerprint density at radius 3 is 2.50 bits per heavy atom. The van der Waals surface area contributed by atoms with Gasteiger partial charge in [0.1, 0.15) is 6.04 Å². The highest BCUT2D eigenvalue weighted by atomic mass is 32.1. The van der Waals surface area contributed by atoms with Crippen LogP contribution in [0.1, 0.15) is 65.0 Å². The van der Waals surface area contributed by atoms with Crippen LogP contribution in [0.4, 0.5) is 0 Å². The summed E-state index contributed by atoms with van der Waals surface area (Å²) >= 11 is 1.56. The molecule has 3 aliphatic carbocycles.